The van der Waals surface area contributed by atoms with Crippen LogP contribution in [0.4, 0.5) is 0 Å². The van der Waals surface area contributed by atoms with Crippen molar-refractivity contribution in [2.45, 2.75) is 37.6 Å². The fraction of sp³-hybridized carbons (Fsp3) is 0.571. The topological polar surface area (TPSA) is 35.2 Å². The number of hydrogen-bond donors (Lipinski definition) is 1. The smallest absolute Gasteiger partial charge is 0.0474 e. The number of halogens is 1. The van der Waals surface area contributed by atoms with Gasteiger partial charge in [-0.15, -0.1) is 0 Å². The van der Waals surface area contributed by atoms with Crippen LogP contribution in [0.3, 0.4) is 0 Å². The minimum atomic E-state index is 0.102. The van der Waals surface area contributed by atoms with Gasteiger partial charge < -0.3 is 10.5 Å². The van der Waals surface area contributed by atoms with Crippen molar-refractivity contribution in [2.24, 2.45) is 5.73 Å². The number of nitrogens with two attached hydrogens (primary N) is 1. The molecular formula is C14H20ClNO. The molecule has 1 heterocycles. The van der Waals surface area contributed by atoms with Gasteiger partial charge in [0.05, 0.1) is 0 Å². The molecule has 1 aromatic rings. The van der Waals surface area contributed by atoms with Crippen molar-refractivity contribution in [3.8, 4) is 0 Å². The Morgan fingerprint density at radius 3 is 2.59 bits per heavy atom. The van der Waals surface area contributed by atoms with Gasteiger partial charge in [-0.3, -0.25) is 0 Å². The maximum atomic E-state index is 6.35. The molecule has 2 N–H and O–H groups in total. The maximum absolute atomic E-state index is 6.35. The Hall–Kier alpha value is -0.570. The van der Waals surface area contributed by atoms with E-state index >= 15 is 0 Å². The van der Waals surface area contributed by atoms with E-state index in [9.17, 15) is 0 Å². The van der Waals surface area contributed by atoms with Gasteiger partial charge in [-0.05, 0) is 37.8 Å². The molecule has 94 valence electrons. The molecule has 0 amide bonds. The molecular weight excluding hydrogens is 234 g/mol. The van der Waals surface area contributed by atoms with E-state index in [1.165, 1.54) is 5.56 Å². The van der Waals surface area contributed by atoms with Crippen LogP contribution in [-0.4, -0.2) is 19.3 Å². The molecule has 0 aromatic heterocycles. The first-order chi connectivity index (χ1) is 8.14. The van der Waals surface area contributed by atoms with Gasteiger partial charge in [0.15, 0.2) is 0 Å². The summed E-state index contributed by atoms with van der Waals surface area (Å²) in [6, 6.07) is 8.32. The lowest BCUT2D eigenvalue weighted by molar-refractivity contribution is 0.0449. The standard InChI is InChI=1S/C14H20ClNO/c1-11(16)10-14(6-8-17-9-7-14)12-4-2-3-5-13(12)15/h2-5,11H,6-10,16H2,1H3. The highest BCUT2D eigenvalue weighted by atomic mass is 35.5. The van der Waals surface area contributed by atoms with Crippen LogP contribution in [0.2, 0.25) is 5.02 Å². The zero-order valence-corrected chi connectivity index (χ0v) is 11.0. The fourth-order valence-corrected chi connectivity index (χ4v) is 3.19. The maximum Gasteiger partial charge on any atom is 0.0474 e. The van der Waals surface area contributed by atoms with Crippen molar-refractivity contribution < 1.29 is 4.74 Å². The van der Waals surface area contributed by atoms with E-state index in [0.717, 1.165) is 37.5 Å². The number of ether oxygens (including phenoxy) is 1. The third-order valence-electron chi connectivity index (χ3n) is 3.61. The zero-order chi connectivity index (χ0) is 12.3. The van der Waals surface area contributed by atoms with Crippen molar-refractivity contribution in [3.05, 3.63) is 34.9 Å². The predicted molar refractivity (Wildman–Crippen MR) is 71.4 cm³/mol. The highest BCUT2D eigenvalue weighted by Gasteiger charge is 2.36. The summed E-state index contributed by atoms with van der Waals surface area (Å²) in [6.45, 7) is 3.67. The Labute approximate surface area is 108 Å². The van der Waals surface area contributed by atoms with Crippen LogP contribution < -0.4 is 5.73 Å². The number of benzene rings is 1. The normalized spacial score (nSPS) is 21.1. The average Bonchev–Trinajstić information content (AvgIpc) is 2.29. The van der Waals surface area contributed by atoms with Gasteiger partial charge in [-0.25, -0.2) is 0 Å². The Morgan fingerprint density at radius 1 is 1.35 bits per heavy atom. The molecule has 1 aliphatic rings. The minimum absolute atomic E-state index is 0.102. The Bertz CT molecular complexity index is 372. The molecule has 0 radical (unpaired) electrons. The summed E-state index contributed by atoms with van der Waals surface area (Å²) in [7, 11) is 0. The molecule has 0 spiro atoms. The SMILES string of the molecule is CC(N)CC1(c2ccccc2Cl)CCOCC1. The minimum Gasteiger partial charge on any atom is -0.381 e. The van der Waals surface area contributed by atoms with Crippen LogP contribution in [0.15, 0.2) is 24.3 Å². The monoisotopic (exact) mass is 253 g/mol. The second-order valence-corrected chi connectivity index (χ2v) is 5.46. The van der Waals surface area contributed by atoms with Gasteiger partial charge in [0, 0.05) is 29.7 Å². The largest absolute Gasteiger partial charge is 0.381 e. The quantitative estimate of drug-likeness (QED) is 0.898. The van der Waals surface area contributed by atoms with Crippen LogP contribution in [-0.2, 0) is 10.2 Å². The Kier molecular flexibility index (Phi) is 4.08. The van der Waals surface area contributed by atoms with E-state index in [1.807, 2.05) is 12.1 Å². The van der Waals surface area contributed by atoms with Crippen molar-refractivity contribution in [1.82, 2.24) is 0 Å². The molecule has 0 bridgehead atoms. The van der Waals surface area contributed by atoms with E-state index in [1.54, 1.807) is 0 Å². The van der Waals surface area contributed by atoms with Crippen LogP contribution in [0, 0.1) is 0 Å². The lowest BCUT2D eigenvalue weighted by atomic mass is 9.70. The Morgan fingerprint density at radius 2 is 2.00 bits per heavy atom. The van der Waals surface area contributed by atoms with Gasteiger partial charge in [-0.1, -0.05) is 29.8 Å². The summed E-state index contributed by atoms with van der Waals surface area (Å²) in [5, 5.41) is 0.857. The van der Waals surface area contributed by atoms with Crippen LogP contribution >= 0.6 is 11.6 Å². The molecule has 1 aliphatic heterocycles. The third kappa shape index (κ3) is 2.82. The summed E-state index contributed by atoms with van der Waals surface area (Å²) in [5.74, 6) is 0. The van der Waals surface area contributed by atoms with Gasteiger partial charge in [0.2, 0.25) is 0 Å². The molecule has 1 atom stereocenters. The fourth-order valence-electron chi connectivity index (χ4n) is 2.85. The van der Waals surface area contributed by atoms with E-state index in [2.05, 4.69) is 19.1 Å². The van der Waals surface area contributed by atoms with Crippen molar-refractivity contribution in [3.63, 3.8) is 0 Å². The first-order valence-electron chi connectivity index (χ1n) is 6.22. The van der Waals surface area contributed by atoms with Gasteiger partial charge in [0.1, 0.15) is 0 Å². The molecule has 1 fully saturated rings. The highest BCUT2D eigenvalue weighted by molar-refractivity contribution is 6.31. The summed E-state index contributed by atoms with van der Waals surface area (Å²) in [6.07, 6.45) is 3.00. The number of hydrogen-bond acceptors (Lipinski definition) is 2. The van der Waals surface area contributed by atoms with Crippen LogP contribution in [0.5, 0.6) is 0 Å². The Balaban J connectivity index is 2.35. The van der Waals surface area contributed by atoms with E-state index in [-0.39, 0.29) is 11.5 Å². The van der Waals surface area contributed by atoms with Crippen LogP contribution in [0.25, 0.3) is 0 Å². The molecule has 0 aliphatic carbocycles. The summed E-state index contributed by atoms with van der Waals surface area (Å²) in [4.78, 5) is 0. The number of rotatable bonds is 3. The molecule has 1 aromatic carbocycles. The van der Waals surface area contributed by atoms with Crippen molar-refractivity contribution >= 4 is 11.6 Å². The zero-order valence-electron chi connectivity index (χ0n) is 10.3. The van der Waals surface area contributed by atoms with Crippen molar-refractivity contribution in [1.29, 1.82) is 0 Å². The molecule has 3 heteroatoms. The lowest BCUT2D eigenvalue weighted by Crippen LogP contribution is -2.39. The summed E-state index contributed by atoms with van der Waals surface area (Å²) < 4.78 is 5.48. The molecule has 0 saturated carbocycles. The molecule has 2 nitrogen and oxygen atoms in total. The van der Waals surface area contributed by atoms with E-state index in [0.29, 0.717) is 0 Å². The molecule has 17 heavy (non-hydrogen) atoms. The summed E-state index contributed by atoms with van der Waals surface area (Å²) >= 11 is 6.35. The van der Waals surface area contributed by atoms with Gasteiger partial charge >= 0.3 is 0 Å². The third-order valence-corrected chi connectivity index (χ3v) is 3.94. The molecule has 1 unspecified atom stereocenters. The summed E-state index contributed by atoms with van der Waals surface area (Å²) in [5.41, 5.74) is 7.35. The van der Waals surface area contributed by atoms with E-state index < -0.39 is 0 Å². The lowest BCUT2D eigenvalue weighted by Gasteiger charge is -2.39. The second kappa shape index (κ2) is 5.38. The first kappa shape index (κ1) is 12.9. The van der Waals surface area contributed by atoms with Gasteiger partial charge in [-0.2, -0.15) is 0 Å². The van der Waals surface area contributed by atoms with E-state index in [4.69, 9.17) is 22.1 Å². The molecule has 1 saturated heterocycles. The first-order valence-corrected chi connectivity index (χ1v) is 6.60. The molecule has 2 rings (SSSR count). The predicted octanol–water partition coefficient (Wildman–Crippen LogP) is 3.13. The van der Waals surface area contributed by atoms with Crippen LogP contribution in [0.1, 0.15) is 31.7 Å². The van der Waals surface area contributed by atoms with Crippen molar-refractivity contribution in [2.75, 3.05) is 13.2 Å². The van der Waals surface area contributed by atoms with Gasteiger partial charge in [0.25, 0.3) is 0 Å². The average molecular weight is 254 g/mol. The second-order valence-electron chi connectivity index (χ2n) is 5.05. The highest BCUT2D eigenvalue weighted by Crippen LogP contribution is 2.41.